The molecule has 11 heteroatoms. The van der Waals surface area contributed by atoms with Crippen molar-refractivity contribution >= 4 is 56.9 Å². The van der Waals surface area contributed by atoms with Gasteiger partial charge in [0.2, 0.25) is 5.91 Å². The van der Waals surface area contributed by atoms with Crippen LogP contribution in [-0.4, -0.2) is 37.4 Å². The number of halogens is 2. The molecule has 0 radical (unpaired) electrons. The molecule has 0 bridgehead atoms. The van der Waals surface area contributed by atoms with Crippen molar-refractivity contribution in [3.63, 3.8) is 0 Å². The molecular formula is C20H19BrClN3O6. The van der Waals surface area contributed by atoms with Crippen LogP contribution in [0.3, 0.4) is 0 Å². The Morgan fingerprint density at radius 3 is 2.35 bits per heavy atom. The van der Waals surface area contributed by atoms with Gasteiger partial charge in [-0.05, 0) is 42.5 Å². The van der Waals surface area contributed by atoms with Crippen molar-refractivity contribution in [3.8, 4) is 5.75 Å². The van der Waals surface area contributed by atoms with Gasteiger partial charge in [-0.2, -0.15) is 0 Å². The van der Waals surface area contributed by atoms with Crippen LogP contribution in [0.25, 0.3) is 0 Å². The maximum Gasteiger partial charge on any atom is 0.306 e. The number of carbonyl (C=O) groups is 4. The van der Waals surface area contributed by atoms with Crippen LogP contribution in [0.5, 0.6) is 5.75 Å². The van der Waals surface area contributed by atoms with Gasteiger partial charge in [0.15, 0.2) is 6.61 Å². The summed E-state index contributed by atoms with van der Waals surface area (Å²) in [6.07, 6.45) is -0.413. The number of hydrazine groups is 1. The Morgan fingerprint density at radius 1 is 0.968 bits per heavy atom. The molecule has 2 aromatic carbocycles. The van der Waals surface area contributed by atoms with Gasteiger partial charge in [-0.15, -0.1) is 0 Å². The Hall–Kier alpha value is -3.11. The lowest BCUT2D eigenvalue weighted by Gasteiger charge is -2.10. The van der Waals surface area contributed by atoms with Gasteiger partial charge in [0.1, 0.15) is 5.75 Å². The molecule has 0 aliphatic rings. The van der Waals surface area contributed by atoms with E-state index >= 15 is 0 Å². The van der Waals surface area contributed by atoms with Crippen LogP contribution in [0, 0.1) is 0 Å². The van der Waals surface area contributed by atoms with E-state index < -0.39 is 30.3 Å². The summed E-state index contributed by atoms with van der Waals surface area (Å²) in [6, 6.07) is 11.2. The fourth-order valence-corrected chi connectivity index (χ4v) is 2.70. The zero-order valence-electron chi connectivity index (χ0n) is 16.4. The second-order valence-corrected chi connectivity index (χ2v) is 7.41. The Morgan fingerprint density at radius 2 is 1.68 bits per heavy atom. The smallest absolute Gasteiger partial charge is 0.306 e. The van der Waals surface area contributed by atoms with Crippen molar-refractivity contribution in [1.82, 2.24) is 10.9 Å². The van der Waals surface area contributed by atoms with E-state index in [2.05, 4.69) is 32.1 Å². The van der Waals surface area contributed by atoms with E-state index in [0.717, 1.165) is 4.47 Å². The van der Waals surface area contributed by atoms with Crippen molar-refractivity contribution in [1.29, 1.82) is 0 Å². The van der Waals surface area contributed by atoms with E-state index in [4.69, 9.17) is 21.1 Å². The summed E-state index contributed by atoms with van der Waals surface area (Å²) in [6.45, 7) is -0.608. The van der Waals surface area contributed by atoms with Crippen LogP contribution in [0.1, 0.15) is 23.2 Å². The number of nitrogens with one attached hydrogen (secondary N) is 3. The standard InChI is InChI=1S/C20H19BrClN3O6/c1-30-16-7-6-14(22)10-15(16)23-17(26)8-9-19(28)31-11-18(27)24-25-20(29)12-2-4-13(21)5-3-12/h2-7,10H,8-9,11H2,1H3,(H,23,26)(H,24,27)(H,25,29). The maximum absolute atomic E-state index is 12.0. The highest BCUT2D eigenvalue weighted by Crippen LogP contribution is 2.27. The second-order valence-electron chi connectivity index (χ2n) is 6.06. The summed E-state index contributed by atoms with van der Waals surface area (Å²) in [5.74, 6) is -2.04. The van der Waals surface area contributed by atoms with E-state index in [1.165, 1.54) is 13.2 Å². The van der Waals surface area contributed by atoms with Crippen molar-refractivity contribution in [2.75, 3.05) is 19.0 Å². The number of hydrogen-bond donors (Lipinski definition) is 3. The number of amides is 3. The third-order valence-electron chi connectivity index (χ3n) is 3.78. The van der Waals surface area contributed by atoms with Crippen molar-refractivity contribution in [2.24, 2.45) is 0 Å². The molecule has 2 rings (SSSR count). The molecule has 0 fully saturated rings. The topological polar surface area (TPSA) is 123 Å². The lowest BCUT2D eigenvalue weighted by molar-refractivity contribution is -0.149. The third kappa shape index (κ3) is 8.27. The molecule has 2 aromatic rings. The summed E-state index contributed by atoms with van der Waals surface area (Å²) in [4.78, 5) is 47.4. The molecule has 0 heterocycles. The van der Waals surface area contributed by atoms with Gasteiger partial charge in [-0.3, -0.25) is 30.0 Å². The van der Waals surface area contributed by atoms with Gasteiger partial charge in [0, 0.05) is 21.5 Å². The lowest BCUT2D eigenvalue weighted by atomic mass is 10.2. The molecule has 9 nitrogen and oxygen atoms in total. The normalized spacial score (nSPS) is 10.0. The molecule has 0 atom stereocenters. The van der Waals surface area contributed by atoms with Gasteiger partial charge in [-0.25, -0.2) is 0 Å². The zero-order valence-corrected chi connectivity index (χ0v) is 18.7. The monoisotopic (exact) mass is 511 g/mol. The largest absolute Gasteiger partial charge is 0.495 e. The predicted octanol–water partition coefficient (Wildman–Crippen LogP) is 2.83. The van der Waals surface area contributed by atoms with E-state index in [1.54, 1.807) is 36.4 Å². The quantitative estimate of drug-likeness (QED) is 0.369. The summed E-state index contributed by atoms with van der Waals surface area (Å²) in [5.41, 5.74) is 5.04. The fourth-order valence-electron chi connectivity index (χ4n) is 2.26. The van der Waals surface area contributed by atoms with Crippen molar-refractivity contribution in [3.05, 3.63) is 57.5 Å². The van der Waals surface area contributed by atoms with E-state index in [1.807, 2.05) is 0 Å². The molecule has 0 spiro atoms. The highest BCUT2D eigenvalue weighted by molar-refractivity contribution is 9.10. The molecule has 3 N–H and O–H groups in total. The molecule has 164 valence electrons. The first-order chi connectivity index (χ1) is 14.8. The Bertz CT molecular complexity index is 968. The number of hydrogen-bond acceptors (Lipinski definition) is 6. The molecule has 0 unspecified atom stereocenters. The number of benzene rings is 2. The van der Waals surface area contributed by atoms with Gasteiger partial charge >= 0.3 is 5.97 Å². The molecule has 0 aromatic heterocycles. The van der Waals surface area contributed by atoms with Gasteiger partial charge in [0.05, 0.1) is 19.2 Å². The average Bonchev–Trinajstić information content (AvgIpc) is 2.75. The molecule has 0 aliphatic heterocycles. The SMILES string of the molecule is COc1ccc(Cl)cc1NC(=O)CCC(=O)OCC(=O)NNC(=O)c1ccc(Br)cc1. The van der Waals surface area contributed by atoms with Gasteiger partial charge in [0.25, 0.3) is 11.8 Å². The molecule has 0 saturated carbocycles. The number of rotatable bonds is 8. The Kier molecular flexibility index (Phi) is 9.29. The van der Waals surface area contributed by atoms with Crippen LogP contribution in [0.4, 0.5) is 5.69 Å². The Labute approximate surface area is 191 Å². The maximum atomic E-state index is 12.0. The zero-order chi connectivity index (χ0) is 22.8. The van der Waals surface area contributed by atoms with E-state index in [0.29, 0.717) is 22.0 Å². The van der Waals surface area contributed by atoms with Gasteiger partial charge < -0.3 is 14.8 Å². The predicted molar refractivity (Wildman–Crippen MR) is 117 cm³/mol. The van der Waals surface area contributed by atoms with Crippen LogP contribution < -0.4 is 20.9 Å². The molecule has 3 amide bonds. The van der Waals surface area contributed by atoms with Crippen molar-refractivity contribution < 1.29 is 28.7 Å². The number of ether oxygens (including phenoxy) is 2. The summed E-state index contributed by atoms with van der Waals surface area (Å²) >= 11 is 9.15. The second kappa shape index (κ2) is 11.9. The minimum absolute atomic E-state index is 0.170. The molecule has 0 aliphatic carbocycles. The van der Waals surface area contributed by atoms with Crippen LogP contribution in [-0.2, 0) is 19.1 Å². The average molecular weight is 513 g/mol. The number of carbonyl (C=O) groups excluding carboxylic acids is 4. The van der Waals surface area contributed by atoms with Crippen LogP contribution in [0.2, 0.25) is 5.02 Å². The lowest BCUT2D eigenvalue weighted by Crippen LogP contribution is -2.43. The molecular weight excluding hydrogens is 494 g/mol. The first-order valence-electron chi connectivity index (χ1n) is 8.92. The third-order valence-corrected chi connectivity index (χ3v) is 4.54. The minimum Gasteiger partial charge on any atom is -0.495 e. The minimum atomic E-state index is -0.748. The van der Waals surface area contributed by atoms with Gasteiger partial charge in [-0.1, -0.05) is 27.5 Å². The summed E-state index contributed by atoms with van der Waals surface area (Å²) in [7, 11) is 1.45. The van der Waals surface area contributed by atoms with Crippen molar-refractivity contribution in [2.45, 2.75) is 12.8 Å². The number of anilines is 1. The molecule has 0 saturated heterocycles. The fraction of sp³-hybridized carbons (Fsp3) is 0.200. The summed E-state index contributed by atoms with van der Waals surface area (Å²) < 4.78 is 10.7. The van der Waals surface area contributed by atoms with E-state index in [9.17, 15) is 19.2 Å². The molecule has 31 heavy (non-hydrogen) atoms. The first-order valence-corrected chi connectivity index (χ1v) is 10.1. The van der Waals surface area contributed by atoms with E-state index in [-0.39, 0.29) is 12.8 Å². The highest BCUT2D eigenvalue weighted by Gasteiger charge is 2.13. The van der Waals surface area contributed by atoms with Crippen LogP contribution in [0.15, 0.2) is 46.9 Å². The number of esters is 1. The number of methoxy groups -OCH3 is 1. The highest BCUT2D eigenvalue weighted by atomic mass is 79.9. The first kappa shape index (κ1) is 24.2. The Balaban J connectivity index is 1.68. The summed E-state index contributed by atoms with van der Waals surface area (Å²) in [5, 5.41) is 3.00. The van der Waals surface area contributed by atoms with Crippen LogP contribution >= 0.6 is 27.5 Å².